The molecular formula is C46H73N9O12. The van der Waals surface area contributed by atoms with E-state index in [4.69, 9.17) is 23.7 Å². The molecule has 21 heteroatoms. The first kappa shape index (κ1) is 52.6. The molecule has 374 valence electrons. The molecule has 4 heterocycles. The summed E-state index contributed by atoms with van der Waals surface area (Å²) in [6, 6.07) is -0.453. The molecule has 2 saturated heterocycles. The lowest BCUT2D eigenvalue weighted by Gasteiger charge is -2.39. The number of aromatic nitrogens is 4. The van der Waals surface area contributed by atoms with E-state index in [-0.39, 0.29) is 54.3 Å². The van der Waals surface area contributed by atoms with E-state index in [9.17, 15) is 33.9 Å². The van der Waals surface area contributed by atoms with Crippen LogP contribution in [0, 0.1) is 11.8 Å². The number of amides is 5. The Labute approximate surface area is 392 Å². The summed E-state index contributed by atoms with van der Waals surface area (Å²) in [5.41, 5.74) is 0.502. The van der Waals surface area contributed by atoms with Crippen molar-refractivity contribution >= 4 is 35.9 Å². The van der Waals surface area contributed by atoms with E-state index in [1.807, 2.05) is 0 Å². The van der Waals surface area contributed by atoms with Crippen molar-refractivity contribution in [3.05, 3.63) is 23.4 Å². The van der Waals surface area contributed by atoms with E-state index in [1.54, 1.807) is 47.0 Å². The highest BCUT2D eigenvalue weighted by Crippen LogP contribution is 2.33. The number of hydroxylamine groups is 1. The minimum Gasteiger partial charge on any atom is -0.481 e. The fourth-order valence-corrected chi connectivity index (χ4v) is 8.94. The van der Waals surface area contributed by atoms with Gasteiger partial charge in [0.15, 0.2) is 0 Å². The molecule has 67 heavy (non-hydrogen) atoms. The van der Waals surface area contributed by atoms with E-state index >= 15 is 0 Å². The maximum atomic E-state index is 12.5. The zero-order valence-corrected chi connectivity index (χ0v) is 40.2. The van der Waals surface area contributed by atoms with Crippen molar-refractivity contribution in [3.63, 3.8) is 0 Å². The van der Waals surface area contributed by atoms with Crippen molar-refractivity contribution in [1.29, 1.82) is 0 Å². The van der Waals surface area contributed by atoms with Gasteiger partial charge in [0.25, 0.3) is 23.5 Å². The van der Waals surface area contributed by atoms with Gasteiger partial charge in [-0.1, -0.05) is 100 Å². The molecule has 0 bridgehead atoms. The predicted octanol–water partition coefficient (Wildman–Crippen LogP) is 6.88. The summed E-state index contributed by atoms with van der Waals surface area (Å²) in [5, 5.41) is 31.3. The number of ether oxygens (including phenoxy) is 2. The Morgan fingerprint density at radius 1 is 0.642 bits per heavy atom. The third-order valence-corrected chi connectivity index (χ3v) is 12.5. The number of likely N-dealkylation sites (tertiary alicyclic amines) is 2. The van der Waals surface area contributed by atoms with Gasteiger partial charge in [0.1, 0.15) is 11.2 Å². The van der Waals surface area contributed by atoms with E-state index in [1.165, 1.54) is 74.0 Å². The molecule has 0 spiro atoms. The first-order valence-corrected chi connectivity index (χ1v) is 24.1. The number of nitrogens with one attached hydrogen (secondary N) is 3. The van der Waals surface area contributed by atoms with Gasteiger partial charge < -0.3 is 44.1 Å². The molecular weight excluding hydrogens is 871 g/mol. The molecule has 2 aliphatic carbocycles. The van der Waals surface area contributed by atoms with E-state index in [2.05, 4.69) is 30.9 Å². The van der Waals surface area contributed by atoms with Crippen LogP contribution in [0.2, 0.25) is 0 Å². The first-order chi connectivity index (χ1) is 31.7. The van der Waals surface area contributed by atoms with Gasteiger partial charge in [-0.2, -0.15) is 9.97 Å². The van der Waals surface area contributed by atoms with E-state index in [0.29, 0.717) is 44.9 Å². The zero-order valence-electron chi connectivity index (χ0n) is 40.2. The van der Waals surface area contributed by atoms with Crippen LogP contribution < -0.4 is 16.1 Å². The van der Waals surface area contributed by atoms with Crippen LogP contribution >= 0.6 is 0 Å². The first-order valence-electron chi connectivity index (χ1n) is 24.1. The van der Waals surface area contributed by atoms with Crippen LogP contribution in [0.4, 0.5) is 9.59 Å². The fourth-order valence-electron chi connectivity index (χ4n) is 8.94. The summed E-state index contributed by atoms with van der Waals surface area (Å²) >= 11 is 0. The Hall–Kier alpha value is -5.34. The van der Waals surface area contributed by atoms with Gasteiger partial charge >= 0.3 is 18.2 Å². The lowest BCUT2D eigenvalue weighted by molar-refractivity contribution is -0.137. The van der Waals surface area contributed by atoms with Crippen LogP contribution in [-0.2, 0) is 19.1 Å². The van der Waals surface area contributed by atoms with Crippen LogP contribution in [0.1, 0.15) is 202 Å². The highest BCUT2D eigenvalue weighted by Gasteiger charge is 2.37. The number of carboxylic acid groups (broad SMARTS) is 1. The molecule has 21 nitrogen and oxygen atoms in total. The van der Waals surface area contributed by atoms with Crippen molar-refractivity contribution < 1.29 is 57.6 Å². The molecule has 2 aliphatic heterocycles. The van der Waals surface area contributed by atoms with Gasteiger partial charge in [-0.05, 0) is 66.2 Å². The summed E-state index contributed by atoms with van der Waals surface area (Å²) in [4.78, 5) is 83.6. The summed E-state index contributed by atoms with van der Waals surface area (Å²) in [6.07, 6.45) is 17.0. The second kappa shape index (κ2) is 24.6. The fraction of sp³-hybridized carbons (Fsp3) is 0.783. The lowest BCUT2D eigenvalue weighted by atomic mass is 9.84. The Kier molecular flexibility index (Phi) is 19.3. The van der Waals surface area contributed by atoms with Gasteiger partial charge in [-0.15, -0.1) is 0 Å². The number of hydrogen-bond acceptors (Lipinski definition) is 15. The zero-order chi connectivity index (χ0) is 48.7. The maximum Gasteiger partial charge on any atom is 0.410 e. The van der Waals surface area contributed by atoms with Crippen LogP contribution in [0.15, 0.2) is 9.05 Å². The molecule has 2 aromatic rings. The normalized spacial score (nSPS) is 18.3. The Bertz CT molecular complexity index is 1930. The summed E-state index contributed by atoms with van der Waals surface area (Å²) in [6.45, 7) is 12.1. The lowest BCUT2D eigenvalue weighted by Crippen LogP contribution is -2.61. The minimum atomic E-state index is -0.932. The van der Waals surface area contributed by atoms with Gasteiger partial charge in [0.05, 0.1) is 18.5 Å². The SMILES string of the molecule is CC(C)(C)OC(=O)N1CC(NC(=O)c2noc([C@H](CCCC3CCCCC3)CC(=O)NO)n2)C1.CC(C)(C)OC(=O)N1CC(NC(=O)c2noc([C@H](CCCC3CCCCC3)CC(=O)O)n2)C1. The number of aliphatic carboxylic acids is 1. The van der Waals surface area contributed by atoms with Gasteiger partial charge in [-0.25, -0.2) is 15.1 Å². The Morgan fingerprint density at radius 2 is 1.03 bits per heavy atom. The monoisotopic (exact) mass is 944 g/mol. The van der Waals surface area contributed by atoms with Crippen LogP contribution in [0.25, 0.3) is 0 Å². The topological polar surface area (TPSA) is 282 Å². The van der Waals surface area contributed by atoms with Crippen molar-refractivity contribution in [2.45, 2.75) is 192 Å². The van der Waals surface area contributed by atoms with Crippen LogP contribution in [-0.4, -0.2) is 126 Å². The largest absolute Gasteiger partial charge is 0.481 e. The third kappa shape index (κ3) is 17.7. The van der Waals surface area contributed by atoms with Gasteiger partial charge in [0, 0.05) is 44.4 Å². The second-order valence-corrected chi connectivity index (χ2v) is 20.6. The molecule has 0 radical (unpaired) electrons. The van der Waals surface area contributed by atoms with Crippen molar-refractivity contribution in [3.8, 4) is 0 Å². The Morgan fingerprint density at radius 3 is 1.39 bits per heavy atom. The molecule has 2 atom stereocenters. The van der Waals surface area contributed by atoms with Crippen molar-refractivity contribution in [1.82, 2.24) is 46.2 Å². The number of hydrogen-bond donors (Lipinski definition) is 5. The molecule has 5 amide bonds. The predicted molar refractivity (Wildman–Crippen MR) is 240 cm³/mol. The smallest absolute Gasteiger partial charge is 0.410 e. The maximum absolute atomic E-state index is 12.5. The molecule has 0 unspecified atom stereocenters. The molecule has 2 aromatic heterocycles. The average molecular weight is 944 g/mol. The minimum absolute atomic E-state index is 0.00209. The average Bonchev–Trinajstić information content (AvgIpc) is 3.94. The second-order valence-electron chi connectivity index (χ2n) is 20.6. The number of carbonyl (C=O) groups is 6. The van der Waals surface area contributed by atoms with Gasteiger partial charge in [0.2, 0.25) is 17.7 Å². The van der Waals surface area contributed by atoms with Crippen molar-refractivity contribution in [2.75, 3.05) is 26.2 Å². The van der Waals surface area contributed by atoms with E-state index < -0.39 is 53.0 Å². The van der Waals surface area contributed by atoms with Gasteiger partial charge in [-0.3, -0.25) is 24.4 Å². The standard InChI is InChI=1S/C23H37N5O6.C23H36N4O6/c1-23(2,3)33-22(31)28-13-17(14-28)24-20(30)19-25-21(34-27-19)16(12-18(29)26-32)11-7-10-15-8-5-4-6-9-15;1-23(2,3)32-22(31)27-13-17(14-27)24-20(30)19-25-21(33-26-19)16(12-18(28)29)11-7-10-15-8-5-4-6-9-15/h15-17,32H,4-14H2,1-3H3,(H,24,30)(H,26,29);15-17H,4-14H2,1-3H3,(H,24,30)(H,28,29)/t2*16-/m11/s1. The molecule has 4 aliphatic rings. The van der Waals surface area contributed by atoms with E-state index in [0.717, 1.165) is 31.6 Å². The third-order valence-electron chi connectivity index (χ3n) is 12.5. The Balaban J connectivity index is 0.000000251. The number of rotatable bonds is 18. The number of carboxylic acids is 1. The molecule has 5 N–H and O–H groups in total. The molecule has 4 fully saturated rings. The molecule has 2 saturated carbocycles. The number of nitrogens with zero attached hydrogens (tertiary/aromatic N) is 6. The highest BCUT2D eigenvalue weighted by atomic mass is 16.6. The van der Waals surface area contributed by atoms with Crippen LogP contribution in [0.3, 0.4) is 0 Å². The summed E-state index contributed by atoms with van der Waals surface area (Å²) in [5.74, 6) is -1.67. The summed E-state index contributed by atoms with van der Waals surface area (Å²) < 4.78 is 21.2. The molecule has 0 aromatic carbocycles. The van der Waals surface area contributed by atoms with Crippen LogP contribution in [0.5, 0.6) is 0 Å². The quantitative estimate of drug-likeness (QED) is 0.0752. The van der Waals surface area contributed by atoms with Crippen molar-refractivity contribution in [2.24, 2.45) is 11.8 Å². The highest BCUT2D eigenvalue weighted by molar-refractivity contribution is 5.91. The number of carbonyl (C=O) groups excluding carboxylic acids is 5. The summed E-state index contributed by atoms with van der Waals surface area (Å²) in [7, 11) is 0. The molecule has 6 rings (SSSR count).